The number of carbonyl (C=O) groups excluding carboxylic acids is 2. The Kier molecular flexibility index (Phi) is 9.03. The van der Waals surface area contributed by atoms with Crippen LogP contribution in [0.3, 0.4) is 0 Å². The maximum atomic E-state index is 15.3. The van der Waals surface area contributed by atoms with E-state index in [0.717, 1.165) is 11.1 Å². The van der Waals surface area contributed by atoms with Crippen LogP contribution in [0.15, 0.2) is 138 Å². The van der Waals surface area contributed by atoms with E-state index in [0.29, 0.717) is 28.8 Å². The monoisotopic (exact) mass is 630 g/mol. The number of ether oxygens (including phenoxy) is 1. The quantitative estimate of drug-likeness (QED) is 0.120. The van der Waals surface area contributed by atoms with Gasteiger partial charge in [0.1, 0.15) is 10.8 Å². The van der Waals surface area contributed by atoms with Gasteiger partial charge in [-0.3, -0.25) is 9.59 Å². The maximum Gasteiger partial charge on any atom is 0.196 e. The fourth-order valence-electron chi connectivity index (χ4n) is 5.05. The van der Waals surface area contributed by atoms with Crippen LogP contribution >= 0.6 is 11.6 Å². The third-order valence-corrected chi connectivity index (χ3v) is 7.67. The highest BCUT2D eigenvalue weighted by Crippen LogP contribution is 2.37. The molecule has 0 unspecified atom stereocenters. The predicted molar refractivity (Wildman–Crippen MR) is 175 cm³/mol. The van der Waals surface area contributed by atoms with Crippen LogP contribution in [0.2, 0.25) is 5.02 Å². The topological polar surface area (TPSA) is 68.6 Å². The second-order valence-electron chi connectivity index (χ2n) is 10.4. The van der Waals surface area contributed by atoms with Gasteiger partial charge in [-0.1, -0.05) is 103 Å². The summed E-state index contributed by atoms with van der Waals surface area (Å²) in [6.45, 7) is 0. The first-order valence-electron chi connectivity index (χ1n) is 14.4. The van der Waals surface area contributed by atoms with Crippen molar-refractivity contribution in [1.82, 2.24) is 4.98 Å². The van der Waals surface area contributed by atoms with Crippen LogP contribution in [0.5, 0.6) is 11.5 Å². The summed E-state index contributed by atoms with van der Waals surface area (Å²) in [6, 6.07) is 30.4. The van der Waals surface area contributed by atoms with Crippen molar-refractivity contribution >= 4 is 40.3 Å². The molecular weight excluding hydrogens is 606 g/mol. The average molecular weight is 631 g/mol. The number of pyridine rings is 1. The third kappa shape index (κ3) is 6.75. The number of allylic oxidation sites excluding steroid dienone is 4. The number of ketones is 2. The standard InChI is InChI=1S/C38H25ClF2N2O3/c39-35-34(20-21-42-38(35)43-36(26-8-3-1-4-9-26)27-10-5-2-6-11-27)46-33-19-14-24(22-31(33)41)23-32(44)30-13-7-12-29(37(30)45)25-15-17-28(40)18-16-25/h1-6,8-22H,7,23H2. The molecule has 4 aromatic carbocycles. The minimum Gasteiger partial charge on any atom is -0.453 e. The summed E-state index contributed by atoms with van der Waals surface area (Å²) in [5.74, 6) is -1.79. The number of benzene rings is 4. The lowest BCUT2D eigenvalue weighted by molar-refractivity contribution is -0.118. The van der Waals surface area contributed by atoms with Crippen molar-refractivity contribution in [3.63, 3.8) is 0 Å². The van der Waals surface area contributed by atoms with E-state index in [2.05, 4.69) is 4.98 Å². The molecule has 0 N–H and O–H groups in total. The second kappa shape index (κ2) is 13.6. The second-order valence-corrected chi connectivity index (χ2v) is 10.8. The van der Waals surface area contributed by atoms with E-state index >= 15 is 4.39 Å². The molecule has 0 fully saturated rings. The van der Waals surface area contributed by atoms with Crippen LogP contribution < -0.4 is 4.74 Å². The van der Waals surface area contributed by atoms with Crippen molar-refractivity contribution in [2.24, 2.45) is 4.99 Å². The lowest BCUT2D eigenvalue weighted by atomic mass is 9.88. The van der Waals surface area contributed by atoms with Crippen LogP contribution in [0, 0.1) is 11.6 Å². The number of rotatable bonds is 9. The SMILES string of the molecule is O=C(Cc1ccc(Oc2ccnc(N=C(c3ccccc3)c3ccccc3)c2Cl)c(F)c1)C1=CCC=C(c2ccc(F)cc2)C1=O. The van der Waals surface area contributed by atoms with Gasteiger partial charge in [-0.15, -0.1) is 0 Å². The lowest BCUT2D eigenvalue weighted by Crippen LogP contribution is -2.18. The fourth-order valence-corrected chi connectivity index (χ4v) is 5.24. The van der Waals surface area contributed by atoms with Crippen molar-refractivity contribution < 1.29 is 23.1 Å². The first kappa shape index (κ1) is 30.5. The molecule has 1 aromatic heterocycles. The van der Waals surface area contributed by atoms with Crippen LogP contribution in [0.4, 0.5) is 14.6 Å². The molecule has 0 radical (unpaired) electrons. The zero-order valence-corrected chi connectivity index (χ0v) is 25.0. The van der Waals surface area contributed by atoms with E-state index in [-0.39, 0.29) is 34.3 Å². The summed E-state index contributed by atoms with van der Waals surface area (Å²) in [6.07, 6.45) is 4.91. The average Bonchev–Trinajstić information content (AvgIpc) is 3.07. The van der Waals surface area contributed by atoms with Gasteiger partial charge in [0.2, 0.25) is 0 Å². The smallest absolute Gasteiger partial charge is 0.196 e. The number of hydrogen-bond acceptors (Lipinski definition) is 5. The van der Waals surface area contributed by atoms with Crippen molar-refractivity contribution in [3.05, 3.63) is 172 Å². The fraction of sp³-hybridized carbons (Fsp3) is 0.0526. The number of hydrogen-bond donors (Lipinski definition) is 0. The molecule has 46 heavy (non-hydrogen) atoms. The number of Topliss-reactive ketones (excluding diaryl/α,β-unsaturated/α-hetero) is 2. The predicted octanol–water partition coefficient (Wildman–Crippen LogP) is 9.07. The van der Waals surface area contributed by atoms with Crippen LogP contribution in [0.1, 0.15) is 28.7 Å². The van der Waals surface area contributed by atoms with Gasteiger partial charge in [0.05, 0.1) is 11.3 Å². The minimum atomic E-state index is -0.715. The number of nitrogens with zero attached hydrogens (tertiary/aromatic N) is 2. The van der Waals surface area contributed by atoms with Gasteiger partial charge >= 0.3 is 0 Å². The van der Waals surface area contributed by atoms with Gasteiger partial charge in [0.15, 0.2) is 34.7 Å². The summed E-state index contributed by atoms with van der Waals surface area (Å²) < 4.78 is 34.5. The molecule has 5 nitrogen and oxygen atoms in total. The Balaban J connectivity index is 1.19. The molecule has 226 valence electrons. The van der Waals surface area contributed by atoms with Crippen LogP contribution in [-0.4, -0.2) is 22.3 Å². The normalized spacial score (nSPS) is 12.6. The molecule has 0 aliphatic heterocycles. The van der Waals surface area contributed by atoms with Crippen molar-refractivity contribution in [2.75, 3.05) is 0 Å². The summed E-state index contributed by atoms with van der Waals surface area (Å²) in [5.41, 5.74) is 3.62. The molecule has 0 saturated heterocycles. The molecule has 1 aliphatic rings. The maximum absolute atomic E-state index is 15.3. The summed E-state index contributed by atoms with van der Waals surface area (Å²) in [5, 5.41) is 0.0956. The van der Waals surface area contributed by atoms with Crippen LogP contribution in [-0.2, 0) is 16.0 Å². The number of carbonyl (C=O) groups is 2. The Bertz CT molecular complexity index is 1980. The van der Waals surface area contributed by atoms with Gasteiger partial charge < -0.3 is 4.74 Å². The van der Waals surface area contributed by atoms with Gasteiger partial charge in [-0.25, -0.2) is 18.8 Å². The Morgan fingerprint density at radius 1 is 0.826 bits per heavy atom. The summed E-state index contributed by atoms with van der Waals surface area (Å²) in [7, 11) is 0. The highest BCUT2D eigenvalue weighted by molar-refractivity contribution is 6.39. The highest BCUT2D eigenvalue weighted by Gasteiger charge is 2.25. The molecule has 5 aromatic rings. The molecule has 1 heterocycles. The molecule has 0 spiro atoms. The first-order chi connectivity index (χ1) is 22.4. The largest absolute Gasteiger partial charge is 0.453 e. The van der Waals surface area contributed by atoms with Gasteiger partial charge in [0.25, 0.3) is 0 Å². The van der Waals surface area contributed by atoms with Crippen molar-refractivity contribution in [3.8, 4) is 11.5 Å². The molecule has 6 rings (SSSR count). The van der Waals surface area contributed by atoms with Crippen molar-refractivity contribution in [1.29, 1.82) is 0 Å². The Labute approximate surface area is 269 Å². The zero-order chi connectivity index (χ0) is 32.0. The highest BCUT2D eigenvalue weighted by atomic mass is 35.5. The van der Waals surface area contributed by atoms with Gasteiger partial charge in [-0.2, -0.15) is 0 Å². The van der Waals surface area contributed by atoms with E-state index < -0.39 is 23.2 Å². The number of aliphatic imine (C=N–C) groups is 1. The molecule has 0 atom stereocenters. The van der Waals surface area contributed by atoms with Gasteiger partial charge in [-0.05, 0) is 41.8 Å². The Morgan fingerprint density at radius 3 is 2.15 bits per heavy atom. The van der Waals surface area contributed by atoms with Gasteiger partial charge in [0, 0.05) is 35.4 Å². The zero-order valence-electron chi connectivity index (χ0n) is 24.3. The van der Waals surface area contributed by atoms with E-state index in [1.165, 1.54) is 48.7 Å². The molecule has 0 saturated carbocycles. The lowest BCUT2D eigenvalue weighted by Gasteiger charge is -2.14. The molecule has 0 bridgehead atoms. The first-order valence-corrected chi connectivity index (χ1v) is 14.8. The van der Waals surface area contributed by atoms with E-state index in [9.17, 15) is 14.0 Å². The number of halogens is 3. The Hall–Kier alpha value is -5.53. The van der Waals surface area contributed by atoms with E-state index in [1.54, 1.807) is 18.2 Å². The summed E-state index contributed by atoms with van der Waals surface area (Å²) in [4.78, 5) is 35.3. The minimum absolute atomic E-state index is 0.0181. The van der Waals surface area contributed by atoms with E-state index in [1.807, 2.05) is 60.7 Å². The molecular formula is C38H25ClF2N2O3. The third-order valence-electron chi connectivity index (χ3n) is 7.32. The molecule has 1 aliphatic carbocycles. The summed E-state index contributed by atoms with van der Waals surface area (Å²) >= 11 is 6.67. The number of aromatic nitrogens is 1. The Morgan fingerprint density at radius 2 is 1.50 bits per heavy atom. The molecule has 8 heteroatoms. The van der Waals surface area contributed by atoms with Crippen LogP contribution in [0.25, 0.3) is 5.57 Å². The van der Waals surface area contributed by atoms with Crippen molar-refractivity contribution in [2.45, 2.75) is 12.8 Å². The van der Waals surface area contributed by atoms with E-state index in [4.69, 9.17) is 21.3 Å². The molecule has 0 amide bonds.